The Kier molecular flexibility index (Phi) is 8.17. The largest absolute Gasteiger partial charge is 0.416 e. The highest BCUT2D eigenvalue weighted by Crippen LogP contribution is 2.32. The molecule has 0 atom stereocenters. The van der Waals surface area contributed by atoms with Gasteiger partial charge < -0.3 is 15.5 Å². The Bertz CT molecular complexity index is 1150. The zero-order chi connectivity index (χ0) is 24.7. The summed E-state index contributed by atoms with van der Waals surface area (Å²) in [4.78, 5) is 26.7. The average Bonchev–Trinajstić information content (AvgIpc) is 2.80. The van der Waals surface area contributed by atoms with Crippen LogP contribution in [-0.4, -0.2) is 25.0 Å². The Morgan fingerprint density at radius 3 is 2.35 bits per heavy atom. The first-order valence-electron chi connectivity index (χ1n) is 10.5. The molecular formula is C25H23ClF3N3O2. The van der Waals surface area contributed by atoms with Crippen LogP contribution in [0.1, 0.15) is 27.9 Å². The fraction of sp³-hybridized carbons (Fsp3) is 0.200. The molecule has 0 heterocycles. The van der Waals surface area contributed by atoms with Gasteiger partial charge in [0.25, 0.3) is 5.91 Å². The van der Waals surface area contributed by atoms with Crippen LogP contribution in [0, 0.1) is 6.92 Å². The molecule has 5 nitrogen and oxygen atoms in total. The summed E-state index contributed by atoms with van der Waals surface area (Å²) >= 11 is 5.82. The smallest absolute Gasteiger partial charge is 0.338 e. The lowest BCUT2D eigenvalue weighted by Gasteiger charge is -2.25. The van der Waals surface area contributed by atoms with Crippen LogP contribution in [0.25, 0.3) is 0 Å². The summed E-state index contributed by atoms with van der Waals surface area (Å²) in [6.07, 6.45) is -4.21. The van der Waals surface area contributed by atoms with Crippen LogP contribution in [0.5, 0.6) is 0 Å². The number of nitrogens with zero attached hydrogens (tertiary/aromatic N) is 1. The number of halogens is 4. The zero-order valence-corrected chi connectivity index (χ0v) is 19.1. The number of carbonyl (C=O) groups excluding carboxylic acids is 2. The number of hydrogen-bond acceptors (Lipinski definition) is 2. The summed E-state index contributed by atoms with van der Waals surface area (Å²) in [6.45, 7) is 2.08. The van der Waals surface area contributed by atoms with Crippen LogP contribution in [0.15, 0.2) is 72.8 Å². The molecule has 0 aliphatic carbocycles. The van der Waals surface area contributed by atoms with Gasteiger partial charge in [-0.05, 0) is 67.4 Å². The first-order chi connectivity index (χ1) is 16.1. The van der Waals surface area contributed by atoms with Gasteiger partial charge in [0, 0.05) is 35.1 Å². The van der Waals surface area contributed by atoms with Gasteiger partial charge in [0.05, 0.1) is 5.56 Å². The Morgan fingerprint density at radius 2 is 1.68 bits per heavy atom. The Labute approximate surface area is 200 Å². The first kappa shape index (κ1) is 25.1. The maximum atomic E-state index is 13.3. The average molecular weight is 490 g/mol. The van der Waals surface area contributed by atoms with Crippen molar-refractivity contribution in [3.63, 3.8) is 0 Å². The molecule has 0 fully saturated rings. The molecular weight excluding hydrogens is 467 g/mol. The lowest BCUT2D eigenvalue weighted by molar-refractivity contribution is -0.137. The molecule has 9 heteroatoms. The van der Waals surface area contributed by atoms with Gasteiger partial charge >= 0.3 is 12.2 Å². The minimum atomic E-state index is -4.53. The summed E-state index contributed by atoms with van der Waals surface area (Å²) in [5, 5.41) is 5.87. The van der Waals surface area contributed by atoms with E-state index >= 15 is 0 Å². The van der Waals surface area contributed by atoms with Crippen molar-refractivity contribution in [3.05, 3.63) is 94.5 Å². The van der Waals surface area contributed by atoms with Crippen molar-refractivity contribution in [1.29, 1.82) is 0 Å². The van der Waals surface area contributed by atoms with E-state index in [1.165, 1.54) is 17.0 Å². The predicted molar refractivity (Wildman–Crippen MR) is 127 cm³/mol. The third kappa shape index (κ3) is 6.74. The van der Waals surface area contributed by atoms with E-state index in [0.717, 1.165) is 12.1 Å². The highest BCUT2D eigenvalue weighted by molar-refractivity contribution is 6.30. The normalized spacial score (nSPS) is 11.1. The molecule has 0 aliphatic rings. The first-order valence-corrected chi connectivity index (χ1v) is 10.9. The van der Waals surface area contributed by atoms with Crippen LogP contribution < -0.4 is 15.5 Å². The molecule has 3 aromatic rings. The van der Waals surface area contributed by atoms with Gasteiger partial charge in [-0.2, -0.15) is 13.2 Å². The fourth-order valence-corrected chi connectivity index (χ4v) is 3.43. The van der Waals surface area contributed by atoms with E-state index in [9.17, 15) is 22.8 Å². The molecule has 3 amide bonds. The Morgan fingerprint density at radius 1 is 0.971 bits per heavy atom. The second-order valence-corrected chi connectivity index (χ2v) is 8.00. The van der Waals surface area contributed by atoms with E-state index in [1.54, 1.807) is 55.5 Å². The minimum Gasteiger partial charge on any atom is -0.338 e. The third-order valence-corrected chi connectivity index (χ3v) is 5.30. The van der Waals surface area contributed by atoms with Gasteiger partial charge in [0.2, 0.25) is 0 Å². The van der Waals surface area contributed by atoms with Gasteiger partial charge in [-0.3, -0.25) is 4.79 Å². The molecule has 0 aliphatic heterocycles. The molecule has 0 bridgehead atoms. The van der Waals surface area contributed by atoms with Gasteiger partial charge in [0.1, 0.15) is 0 Å². The second kappa shape index (κ2) is 11.1. The van der Waals surface area contributed by atoms with Crippen molar-refractivity contribution < 1.29 is 22.8 Å². The lowest BCUT2D eigenvalue weighted by atomic mass is 10.1. The second-order valence-electron chi connectivity index (χ2n) is 7.56. The number of anilines is 2. The number of urea groups is 1. The number of aryl methyl sites for hydroxylation is 1. The third-order valence-electron chi connectivity index (χ3n) is 5.05. The summed E-state index contributed by atoms with van der Waals surface area (Å²) in [5.74, 6) is -0.414. The van der Waals surface area contributed by atoms with Crippen LogP contribution in [0.4, 0.5) is 29.3 Å². The highest BCUT2D eigenvalue weighted by atomic mass is 35.5. The number of rotatable bonds is 7. The minimum absolute atomic E-state index is 0.107. The van der Waals surface area contributed by atoms with Crippen molar-refractivity contribution in [1.82, 2.24) is 5.32 Å². The van der Waals surface area contributed by atoms with Crippen LogP contribution in [0.3, 0.4) is 0 Å². The predicted octanol–water partition coefficient (Wildman–Crippen LogP) is 6.53. The number of amides is 3. The van der Waals surface area contributed by atoms with E-state index < -0.39 is 23.7 Å². The van der Waals surface area contributed by atoms with Crippen molar-refractivity contribution in [2.45, 2.75) is 19.5 Å². The molecule has 34 heavy (non-hydrogen) atoms. The molecule has 3 rings (SSSR count). The number of benzene rings is 3. The van der Waals surface area contributed by atoms with E-state index in [4.69, 9.17) is 11.6 Å². The van der Waals surface area contributed by atoms with Crippen molar-refractivity contribution in [2.75, 3.05) is 23.3 Å². The van der Waals surface area contributed by atoms with Gasteiger partial charge in [-0.25, -0.2) is 4.79 Å². The highest BCUT2D eigenvalue weighted by Gasteiger charge is 2.31. The molecule has 0 unspecified atom stereocenters. The molecule has 178 valence electrons. The molecule has 0 aromatic heterocycles. The summed E-state index contributed by atoms with van der Waals surface area (Å²) in [6, 6.07) is 17.7. The van der Waals surface area contributed by atoms with E-state index in [2.05, 4.69) is 10.6 Å². The summed E-state index contributed by atoms with van der Waals surface area (Å²) in [7, 11) is 0. The van der Waals surface area contributed by atoms with E-state index in [1.807, 2.05) is 0 Å². The maximum Gasteiger partial charge on any atom is 0.416 e. The van der Waals surface area contributed by atoms with Crippen molar-refractivity contribution in [2.24, 2.45) is 0 Å². The maximum absolute atomic E-state index is 13.3. The summed E-state index contributed by atoms with van der Waals surface area (Å²) < 4.78 is 39.8. The Balaban J connectivity index is 1.70. The van der Waals surface area contributed by atoms with Crippen molar-refractivity contribution >= 4 is 34.9 Å². The number of nitrogens with one attached hydrogen (secondary N) is 2. The van der Waals surface area contributed by atoms with E-state index in [-0.39, 0.29) is 18.8 Å². The molecule has 0 saturated heterocycles. The quantitative estimate of drug-likeness (QED) is 0.371. The monoisotopic (exact) mass is 489 g/mol. The summed E-state index contributed by atoms with van der Waals surface area (Å²) in [5.41, 5.74) is 0.960. The Hall–Kier alpha value is -3.52. The topological polar surface area (TPSA) is 61.4 Å². The van der Waals surface area contributed by atoms with Gasteiger partial charge in [0.15, 0.2) is 0 Å². The fourth-order valence-electron chi connectivity index (χ4n) is 3.30. The zero-order valence-electron chi connectivity index (χ0n) is 18.3. The molecule has 0 radical (unpaired) electrons. The van der Waals surface area contributed by atoms with E-state index in [0.29, 0.717) is 28.3 Å². The van der Waals surface area contributed by atoms with Crippen LogP contribution in [-0.2, 0) is 6.18 Å². The number of carbonyl (C=O) groups is 2. The number of alkyl halides is 3. The van der Waals surface area contributed by atoms with Crippen LogP contribution >= 0.6 is 11.6 Å². The molecule has 2 N–H and O–H groups in total. The lowest BCUT2D eigenvalue weighted by Crippen LogP contribution is -2.36. The SMILES string of the molecule is Cc1ccccc1C(=O)N(CCCNC(=O)Nc1ccc(Cl)cc1)c1cccc(C(F)(F)F)c1. The number of hydrogen-bond donors (Lipinski definition) is 2. The van der Waals surface area contributed by atoms with Crippen molar-refractivity contribution in [3.8, 4) is 0 Å². The molecule has 0 spiro atoms. The standard InChI is InChI=1S/C25H23ClF3N3O2/c1-17-6-2-3-9-22(17)23(33)32(21-8-4-7-18(16-21)25(27,28)29)15-5-14-30-24(34)31-20-12-10-19(26)11-13-20/h2-4,6-13,16H,5,14-15H2,1H3,(H2,30,31,34). The van der Waals surface area contributed by atoms with Gasteiger partial charge in [-0.1, -0.05) is 35.9 Å². The molecule has 0 saturated carbocycles. The van der Waals surface area contributed by atoms with Crippen LogP contribution in [0.2, 0.25) is 5.02 Å². The van der Waals surface area contributed by atoms with Gasteiger partial charge in [-0.15, -0.1) is 0 Å². The molecule has 3 aromatic carbocycles.